The van der Waals surface area contributed by atoms with Gasteiger partial charge in [-0.1, -0.05) is 11.6 Å². The van der Waals surface area contributed by atoms with E-state index in [2.05, 4.69) is 21.2 Å². The smallest absolute Gasteiger partial charge is 0.256 e. The Bertz CT molecular complexity index is 728. The quantitative estimate of drug-likeness (QED) is 0.872. The van der Waals surface area contributed by atoms with E-state index in [0.29, 0.717) is 20.7 Å². The van der Waals surface area contributed by atoms with Crippen LogP contribution < -0.4 is 5.32 Å². The van der Waals surface area contributed by atoms with E-state index in [1.54, 1.807) is 6.07 Å². The largest absolute Gasteiger partial charge is 0.321 e. The van der Waals surface area contributed by atoms with Gasteiger partial charge < -0.3 is 5.32 Å². The number of amides is 1. The minimum atomic E-state index is -0.450. The minimum Gasteiger partial charge on any atom is -0.321 e. The van der Waals surface area contributed by atoms with Gasteiger partial charge in [-0.25, -0.2) is 4.39 Å². The van der Waals surface area contributed by atoms with Crippen molar-refractivity contribution in [3.63, 3.8) is 0 Å². The third kappa shape index (κ3) is 3.16. The number of carbonyl (C=O) groups is 1. The maximum atomic E-state index is 13.0. The van der Waals surface area contributed by atoms with Crippen molar-refractivity contribution in [2.75, 3.05) is 5.32 Å². The molecule has 0 saturated carbocycles. The summed E-state index contributed by atoms with van der Waals surface area (Å²) in [4.78, 5) is 12.1. The highest BCUT2D eigenvalue weighted by atomic mass is 79.9. The maximum Gasteiger partial charge on any atom is 0.256 e. The van der Waals surface area contributed by atoms with Gasteiger partial charge in [0.05, 0.1) is 27.9 Å². The molecule has 2 aromatic carbocycles. The normalized spacial score (nSPS) is 9.90. The Morgan fingerprint density at radius 2 is 2.05 bits per heavy atom. The number of nitrogens with zero attached hydrogens (tertiary/aromatic N) is 1. The van der Waals surface area contributed by atoms with Crippen molar-refractivity contribution in [2.24, 2.45) is 0 Å². The SMILES string of the molecule is N#Cc1ccc(Cl)c(NC(=O)c2ccc(F)cc2Br)c1. The fourth-order valence-corrected chi connectivity index (χ4v) is 2.25. The van der Waals surface area contributed by atoms with Crippen LogP contribution in [0.5, 0.6) is 0 Å². The molecule has 0 saturated heterocycles. The Balaban J connectivity index is 2.30. The molecule has 0 heterocycles. The zero-order valence-corrected chi connectivity index (χ0v) is 12.3. The molecule has 0 radical (unpaired) electrons. The molecule has 1 amide bonds. The lowest BCUT2D eigenvalue weighted by molar-refractivity contribution is 0.102. The van der Waals surface area contributed by atoms with Crippen LogP contribution in [0.25, 0.3) is 0 Å². The van der Waals surface area contributed by atoms with Crippen LogP contribution in [0.3, 0.4) is 0 Å². The van der Waals surface area contributed by atoms with Gasteiger partial charge in [0.1, 0.15) is 5.82 Å². The first kappa shape index (κ1) is 14.5. The molecule has 0 aliphatic carbocycles. The summed E-state index contributed by atoms with van der Waals surface area (Å²) >= 11 is 9.08. The third-order valence-corrected chi connectivity index (χ3v) is 3.51. The summed E-state index contributed by atoms with van der Waals surface area (Å²) in [6.45, 7) is 0. The second kappa shape index (κ2) is 6.04. The highest BCUT2D eigenvalue weighted by molar-refractivity contribution is 9.10. The van der Waals surface area contributed by atoms with Crippen LogP contribution in [0.2, 0.25) is 5.02 Å². The lowest BCUT2D eigenvalue weighted by Crippen LogP contribution is -2.13. The second-order valence-electron chi connectivity index (χ2n) is 3.88. The van der Waals surface area contributed by atoms with E-state index in [-0.39, 0.29) is 5.56 Å². The van der Waals surface area contributed by atoms with Crippen LogP contribution in [-0.4, -0.2) is 5.91 Å². The number of hydrogen-bond donors (Lipinski definition) is 1. The number of carbonyl (C=O) groups excluding carboxylic acids is 1. The van der Waals surface area contributed by atoms with Gasteiger partial charge in [0.2, 0.25) is 0 Å². The van der Waals surface area contributed by atoms with Crippen LogP contribution in [0.4, 0.5) is 10.1 Å². The highest BCUT2D eigenvalue weighted by Gasteiger charge is 2.13. The Kier molecular flexibility index (Phi) is 4.38. The van der Waals surface area contributed by atoms with Gasteiger partial charge in [0.25, 0.3) is 5.91 Å². The van der Waals surface area contributed by atoms with Gasteiger partial charge in [0, 0.05) is 4.47 Å². The summed E-state index contributed by atoms with van der Waals surface area (Å²) in [5, 5.41) is 11.7. The van der Waals surface area contributed by atoms with Crippen molar-refractivity contribution < 1.29 is 9.18 Å². The molecule has 0 unspecified atom stereocenters. The molecule has 1 N–H and O–H groups in total. The predicted molar refractivity (Wildman–Crippen MR) is 78.2 cm³/mol. The molecule has 2 aromatic rings. The fourth-order valence-electron chi connectivity index (χ4n) is 1.55. The molecule has 2 rings (SSSR count). The number of benzene rings is 2. The topological polar surface area (TPSA) is 52.9 Å². The summed E-state index contributed by atoms with van der Waals surface area (Å²) in [7, 11) is 0. The molecular formula is C14H7BrClFN2O. The van der Waals surface area contributed by atoms with E-state index in [4.69, 9.17) is 16.9 Å². The Hall–Kier alpha value is -1.90. The average molecular weight is 354 g/mol. The monoisotopic (exact) mass is 352 g/mol. The van der Waals surface area contributed by atoms with E-state index < -0.39 is 11.7 Å². The van der Waals surface area contributed by atoms with Crippen molar-refractivity contribution in [3.8, 4) is 6.07 Å². The molecule has 100 valence electrons. The third-order valence-electron chi connectivity index (χ3n) is 2.52. The summed E-state index contributed by atoms with van der Waals surface area (Å²) in [5.41, 5.74) is 0.972. The summed E-state index contributed by atoms with van der Waals surface area (Å²) in [6, 6.07) is 10.2. The zero-order chi connectivity index (χ0) is 14.7. The van der Waals surface area contributed by atoms with Gasteiger partial charge in [-0.2, -0.15) is 5.26 Å². The number of halogens is 3. The van der Waals surface area contributed by atoms with Gasteiger partial charge in [-0.15, -0.1) is 0 Å². The molecule has 3 nitrogen and oxygen atoms in total. The first-order valence-corrected chi connectivity index (χ1v) is 6.64. The Morgan fingerprint density at radius 3 is 2.70 bits per heavy atom. The van der Waals surface area contributed by atoms with Gasteiger partial charge >= 0.3 is 0 Å². The summed E-state index contributed by atoms with van der Waals surface area (Å²) < 4.78 is 13.3. The Labute approximate surface area is 128 Å². The van der Waals surface area contributed by atoms with Crippen molar-refractivity contribution in [1.82, 2.24) is 0 Å². The molecule has 0 fully saturated rings. The second-order valence-corrected chi connectivity index (χ2v) is 5.15. The zero-order valence-electron chi connectivity index (χ0n) is 9.95. The highest BCUT2D eigenvalue weighted by Crippen LogP contribution is 2.25. The predicted octanol–water partition coefficient (Wildman–Crippen LogP) is 4.37. The van der Waals surface area contributed by atoms with Crippen molar-refractivity contribution in [1.29, 1.82) is 5.26 Å². The van der Waals surface area contributed by atoms with E-state index in [9.17, 15) is 9.18 Å². The number of hydrogen-bond acceptors (Lipinski definition) is 2. The first-order chi connectivity index (χ1) is 9.51. The van der Waals surface area contributed by atoms with Crippen molar-refractivity contribution >= 4 is 39.1 Å². The summed E-state index contributed by atoms with van der Waals surface area (Å²) in [5.74, 6) is -0.896. The van der Waals surface area contributed by atoms with Crippen molar-refractivity contribution in [2.45, 2.75) is 0 Å². The van der Waals surface area contributed by atoms with Crippen molar-refractivity contribution in [3.05, 3.63) is 62.8 Å². The van der Waals surface area contributed by atoms with E-state index in [1.165, 1.54) is 30.3 Å². The van der Waals surface area contributed by atoms with Crippen LogP contribution in [0, 0.1) is 17.1 Å². The number of anilines is 1. The number of rotatable bonds is 2. The molecule has 20 heavy (non-hydrogen) atoms. The standard InChI is InChI=1S/C14H7BrClFN2O/c15-11-6-9(17)2-3-10(11)14(20)19-13-5-8(7-18)1-4-12(13)16/h1-6H,(H,19,20). The first-order valence-electron chi connectivity index (χ1n) is 5.47. The lowest BCUT2D eigenvalue weighted by Gasteiger charge is -2.09. The van der Waals surface area contributed by atoms with E-state index in [1.807, 2.05) is 6.07 Å². The number of nitrogens with one attached hydrogen (secondary N) is 1. The molecule has 0 aromatic heterocycles. The average Bonchev–Trinajstić information content (AvgIpc) is 2.41. The molecule has 0 aliphatic heterocycles. The molecule has 6 heteroatoms. The fraction of sp³-hybridized carbons (Fsp3) is 0. The van der Waals surface area contributed by atoms with E-state index >= 15 is 0 Å². The summed E-state index contributed by atoms with van der Waals surface area (Å²) in [6.07, 6.45) is 0. The molecular weight excluding hydrogens is 347 g/mol. The van der Waals surface area contributed by atoms with Crippen LogP contribution in [-0.2, 0) is 0 Å². The molecule has 0 bridgehead atoms. The van der Waals surface area contributed by atoms with E-state index in [0.717, 1.165) is 0 Å². The van der Waals surface area contributed by atoms with Crippen LogP contribution in [0.1, 0.15) is 15.9 Å². The molecule has 0 atom stereocenters. The maximum absolute atomic E-state index is 13.0. The minimum absolute atomic E-state index is 0.268. The van der Waals surface area contributed by atoms with Gasteiger partial charge in [-0.3, -0.25) is 4.79 Å². The van der Waals surface area contributed by atoms with Crippen LogP contribution >= 0.6 is 27.5 Å². The Morgan fingerprint density at radius 1 is 1.30 bits per heavy atom. The number of nitriles is 1. The molecule has 0 spiro atoms. The van der Waals surface area contributed by atoms with Crippen LogP contribution in [0.15, 0.2) is 40.9 Å². The van der Waals surface area contributed by atoms with Gasteiger partial charge in [0.15, 0.2) is 0 Å². The van der Waals surface area contributed by atoms with Gasteiger partial charge in [-0.05, 0) is 52.3 Å². The molecule has 0 aliphatic rings. The lowest BCUT2D eigenvalue weighted by atomic mass is 10.2.